The summed E-state index contributed by atoms with van der Waals surface area (Å²) in [7, 11) is 0. The average molecular weight is 326 g/mol. The van der Waals surface area contributed by atoms with Crippen LogP contribution in [0.25, 0.3) is 0 Å². The summed E-state index contributed by atoms with van der Waals surface area (Å²) < 4.78 is 14.1. The molecule has 1 aromatic rings. The van der Waals surface area contributed by atoms with E-state index in [2.05, 4.69) is 6.58 Å². The molecule has 0 spiro atoms. The number of allylic oxidation sites excluding steroid dienone is 1. The molecule has 1 unspecified atom stereocenters. The summed E-state index contributed by atoms with van der Waals surface area (Å²) in [5, 5.41) is 9.87. The van der Waals surface area contributed by atoms with Crippen molar-refractivity contribution >= 4 is 17.5 Å². The van der Waals surface area contributed by atoms with E-state index in [0.717, 1.165) is 12.8 Å². The van der Waals surface area contributed by atoms with Crippen LogP contribution in [0.2, 0.25) is 5.02 Å². The first-order valence-electron chi connectivity index (χ1n) is 7.40. The molecule has 0 aromatic heterocycles. The third-order valence-corrected chi connectivity index (χ3v) is 4.85. The normalized spacial score (nSPS) is 21.7. The number of amides is 1. The highest BCUT2D eigenvalue weighted by Crippen LogP contribution is 2.35. The van der Waals surface area contributed by atoms with Crippen LogP contribution in [0.4, 0.5) is 4.39 Å². The Morgan fingerprint density at radius 2 is 2.32 bits per heavy atom. The van der Waals surface area contributed by atoms with Crippen LogP contribution in [-0.2, 0) is 0 Å². The van der Waals surface area contributed by atoms with Gasteiger partial charge >= 0.3 is 0 Å². The monoisotopic (exact) mass is 325 g/mol. The Bertz CT molecular complexity index is 590. The van der Waals surface area contributed by atoms with Gasteiger partial charge in [0.25, 0.3) is 5.91 Å². The van der Waals surface area contributed by atoms with E-state index in [1.54, 1.807) is 24.0 Å². The van der Waals surface area contributed by atoms with Gasteiger partial charge in [0.15, 0.2) is 0 Å². The summed E-state index contributed by atoms with van der Waals surface area (Å²) in [5.41, 5.74) is 0.208. The van der Waals surface area contributed by atoms with Gasteiger partial charge in [0.1, 0.15) is 5.82 Å². The molecular formula is C17H21ClFNO2. The van der Waals surface area contributed by atoms with Crippen molar-refractivity contribution in [3.05, 3.63) is 46.8 Å². The number of likely N-dealkylation sites (tertiary alicyclic amines) is 1. The van der Waals surface area contributed by atoms with Crippen molar-refractivity contribution in [1.82, 2.24) is 4.90 Å². The summed E-state index contributed by atoms with van der Waals surface area (Å²) in [6.45, 7) is 6.37. The van der Waals surface area contributed by atoms with Gasteiger partial charge in [0, 0.05) is 18.5 Å². The molecule has 0 aliphatic carbocycles. The second-order valence-electron chi connectivity index (χ2n) is 6.03. The highest BCUT2D eigenvalue weighted by atomic mass is 35.5. The number of piperidine rings is 1. The van der Waals surface area contributed by atoms with Crippen LogP contribution in [0.1, 0.15) is 35.2 Å². The van der Waals surface area contributed by atoms with Gasteiger partial charge in [0.05, 0.1) is 17.2 Å². The summed E-state index contributed by atoms with van der Waals surface area (Å²) >= 11 is 6.13. The maximum absolute atomic E-state index is 14.1. The lowest BCUT2D eigenvalue weighted by Gasteiger charge is -2.41. The van der Waals surface area contributed by atoms with Gasteiger partial charge in [-0.15, -0.1) is 6.58 Å². The second kappa shape index (κ2) is 6.80. The molecule has 22 heavy (non-hydrogen) atoms. The van der Waals surface area contributed by atoms with Gasteiger partial charge in [-0.2, -0.15) is 0 Å². The van der Waals surface area contributed by atoms with Gasteiger partial charge < -0.3 is 10.0 Å². The molecule has 2 rings (SSSR count). The topological polar surface area (TPSA) is 40.5 Å². The molecule has 0 radical (unpaired) electrons. The number of hydrogen-bond acceptors (Lipinski definition) is 2. The quantitative estimate of drug-likeness (QED) is 0.860. The fraction of sp³-hybridized carbons (Fsp3) is 0.471. The first-order chi connectivity index (χ1) is 10.4. The van der Waals surface area contributed by atoms with Crippen molar-refractivity contribution in [3.63, 3.8) is 0 Å². The molecule has 3 nitrogen and oxygen atoms in total. The molecule has 1 aliphatic rings. The Labute approximate surface area is 135 Å². The van der Waals surface area contributed by atoms with Gasteiger partial charge in [-0.25, -0.2) is 4.39 Å². The van der Waals surface area contributed by atoms with Gasteiger partial charge in [-0.1, -0.05) is 23.7 Å². The molecule has 1 aliphatic heterocycles. The number of aliphatic hydroxyl groups excluding tert-OH is 1. The molecule has 120 valence electrons. The van der Waals surface area contributed by atoms with E-state index in [4.69, 9.17) is 11.6 Å². The average Bonchev–Trinajstić information content (AvgIpc) is 2.52. The molecule has 5 heteroatoms. The maximum Gasteiger partial charge on any atom is 0.258 e. The van der Waals surface area contributed by atoms with Crippen molar-refractivity contribution in [2.45, 2.75) is 26.2 Å². The number of aliphatic hydroxyl groups is 1. The number of benzene rings is 1. The minimum absolute atomic E-state index is 0.0210. The van der Waals surface area contributed by atoms with Crippen LogP contribution < -0.4 is 0 Å². The Kier molecular flexibility index (Phi) is 5.24. The number of hydrogen-bond donors (Lipinski definition) is 1. The third kappa shape index (κ3) is 3.18. The van der Waals surface area contributed by atoms with E-state index < -0.39 is 11.7 Å². The molecule has 1 atom stereocenters. The minimum atomic E-state index is -0.607. The first kappa shape index (κ1) is 17.0. The van der Waals surface area contributed by atoms with E-state index >= 15 is 0 Å². The van der Waals surface area contributed by atoms with Crippen LogP contribution in [0.3, 0.4) is 0 Å². The molecular weight excluding hydrogens is 305 g/mol. The SMILES string of the molecule is C=CCC1(CO)CCCN(C(=O)c2c(F)ccc(C)c2Cl)C1. The van der Waals surface area contributed by atoms with E-state index in [9.17, 15) is 14.3 Å². The van der Waals surface area contributed by atoms with E-state index in [1.807, 2.05) is 0 Å². The zero-order valence-electron chi connectivity index (χ0n) is 12.7. The van der Waals surface area contributed by atoms with Crippen molar-refractivity contribution in [3.8, 4) is 0 Å². The van der Waals surface area contributed by atoms with Crippen molar-refractivity contribution < 1.29 is 14.3 Å². The highest BCUT2D eigenvalue weighted by Gasteiger charge is 2.37. The smallest absolute Gasteiger partial charge is 0.258 e. The maximum atomic E-state index is 14.1. The number of carbonyl (C=O) groups is 1. The zero-order chi connectivity index (χ0) is 16.3. The lowest BCUT2D eigenvalue weighted by Crippen LogP contribution is -2.48. The van der Waals surface area contributed by atoms with Crippen LogP contribution in [0.5, 0.6) is 0 Å². The van der Waals surface area contributed by atoms with Crippen molar-refractivity contribution in [1.29, 1.82) is 0 Å². The number of aryl methyl sites for hydroxylation is 1. The number of rotatable bonds is 4. The molecule has 1 fully saturated rings. The van der Waals surface area contributed by atoms with Crippen molar-refractivity contribution in [2.24, 2.45) is 5.41 Å². The predicted molar refractivity (Wildman–Crippen MR) is 85.6 cm³/mol. The third-order valence-electron chi connectivity index (χ3n) is 4.36. The molecule has 0 bridgehead atoms. The van der Waals surface area contributed by atoms with E-state index in [1.165, 1.54) is 6.07 Å². The largest absolute Gasteiger partial charge is 0.396 e. The standard InChI is InChI=1S/C17H21ClFNO2/c1-3-7-17(11-21)8-4-9-20(10-17)16(22)14-13(19)6-5-12(2)15(14)18/h3,5-6,21H,1,4,7-11H2,2H3. The second-order valence-corrected chi connectivity index (χ2v) is 6.41. The van der Waals surface area contributed by atoms with Crippen LogP contribution in [-0.4, -0.2) is 35.6 Å². The molecule has 1 aromatic carbocycles. The fourth-order valence-electron chi connectivity index (χ4n) is 3.06. The first-order valence-corrected chi connectivity index (χ1v) is 7.77. The van der Waals surface area contributed by atoms with Crippen LogP contribution in [0, 0.1) is 18.2 Å². The van der Waals surface area contributed by atoms with Crippen molar-refractivity contribution in [2.75, 3.05) is 19.7 Å². The Balaban J connectivity index is 2.30. The lowest BCUT2D eigenvalue weighted by atomic mass is 9.77. The van der Waals surface area contributed by atoms with Gasteiger partial charge in [-0.05, 0) is 37.8 Å². The number of nitrogens with zero attached hydrogens (tertiary/aromatic N) is 1. The Hall–Kier alpha value is -1.39. The Morgan fingerprint density at radius 1 is 1.59 bits per heavy atom. The summed E-state index contributed by atoms with van der Waals surface area (Å²) in [4.78, 5) is 14.3. The summed E-state index contributed by atoms with van der Waals surface area (Å²) in [6.07, 6.45) is 3.97. The molecule has 0 saturated carbocycles. The minimum Gasteiger partial charge on any atom is -0.396 e. The van der Waals surface area contributed by atoms with Gasteiger partial charge in [0.2, 0.25) is 0 Å². The number of halogens is 2. The molecule has 1 N–H and O–H groups in total. The lowest BCUT2D eigenvalue weighted by molar-refractivity contribution is 0.0282. The molecule has 1 saturated heterocycles. The predicted octanol–water partition coefficient (Wildman–Crippen LogP) is 3.58. The molecule has 1 heterocycles. The van der Waals surface area contributed by atoms with Gasteiger partial charge in [-0.3, -0.25) is 4.79 Å². The van der Waals surface area contributed by atoms with E-state index in [0.29, 0.717) is 25.1 Å². The zero-order valence-corrected chi connectivity index (χ0v) is 13.5. The summed E-state index contributed by atoms with van der Waals surface area (Å²) in [6, 6.07) is 2.82. The number of carbonyl (C=O) groups excluding carboxylic acids is 1. The van der Waals surface area contributed by atoms with Crippen LogP contribution in [0.15, 0.2) is 24.8 Å². The van der Waals surface area contributed by atoms with Crippen LogP contribution >= 0.6 is 11.6 Å². The Morgan fingerprint density at radius 3 is 2.95 bits per heavy atom. The molecule has 1 amide bonds. The summed E-state index contributed by atoms with van der Waals surface area (Å²) in [5.74, 6) is -1.02. The highest BCUT2D eigenvalue weighted by molar-refractivity contribution is 6.34. The fourth-order valence-corrected chi connectivity index (χ4v) is 3.29. The van der Waals surface area contributed by atoms with E-state index in [-0.39, 0.29) is 22.6 Å².